The van der Waals surface area contributed by atoms with Gasteiger partial charge >= 0.3 is 5.97 Å². The summed E-state index contributed by atoms with van der Waals surface area (Å²) in [6.07, 6.45) is 4.61. The third-order valence-corrected chi connectivity index (χ3v) is 3.77. The van der Waals surface area contributed by atoms with Crippen LogP contribution in [0.25, 0.3) is 6.08 Å². The average Bonchev–Trinajstić information content (AvgIpc) is 3.30. The van der Waals surface area contributed by atoms with Crippen LogP contribution in [0.15, 0.2) is 30.3 Å². The summed E-state index contributed by atoms with van der Waals surface area (Å²) in [5.74, 6) is -0.745. The molecule has 5 nitrogen and oxygen atoms in total. The highest BCUT2D eigenvalue weighted by Gasteiger charge is 2.48. The Morgan fingerprint density at radius 3 is 2.62 bits per heavy atom. The first-order chi connectivity index (χ1) is 9.97. The highest BCUT2D eigenvalue weighted by atomic mass is 16.5. The largest absolute Gasteiger partial charge is 0.496 e. The highest BCUT2D eigenvalue weighted by Crippen LogP contribution is 2.39. The zero-order valence-electron chi connectivity index (χ0n) is 12.1. The van der Waals surface area contributed by atoms with Gasteiger partial charge in [-0.25, -0.2) is 4.79 Å². The molecule has 0 saturated heterocycles. The van der Waals surface area contributed by atoms with Crippen LogP contribution < -0.4 is 10.1 Å². The van der Waals surface area contributed by atoms with E-state index in [2.05, 4.69) is 5.32 Å². The Morgan fingerprint density at radius 2 is 2.05 bits per heavy atom. The van der Waals surface area contributed by atoms with Crippen molar-refractivity contribution in [2.45, 2.75) is 25.3 Å². The van der Waals surface area contributed by atoms with Crippen molar-refractivity contribution in [3.05, 3.63) is 35.9 Å². The summed E-state index contributed by atoms with van der Waals surface area (Å²) in [6.45, 7) is 1.56. The van der Waals surface area contributed by atoms with E-state index in [1.807, 2.05) is 18.2 Å². The number of nitrogens with one attached hydrogen (secondary N) is 1. The van der Waals surface area contributed by atoms with Crippen LogP contribution in [0.5, 0.6) is 5.75 Å². The molecule has 0 heterocycles. The number of aliphatic carboxylic acids is 1. The summed E-state index contributed by atoms with van der Waals surface area (Å²) >= 11 is 0. The van der Waals surface area contributed by atoms with Gasteiger partial charge in [0, 0.05) is 11.6 Å². The lowest BCUT2D eigenvalue weighted by atomic mass is 9.96. The number of hydrogen-bond donors (Lipinski definition) is 2. The van der Waals surface area contributed by atoms with Crippen LogP contribution in [0.1, 0.15) is 25.3 Å². The molecule has 1 aromatic carbocycles. The van der Waals surface area contributed by atoms with Gasteiger partial charge in [-0.3, -0.25) is 4.79 Å². The van der Waals surface area contributed by atoms with Gasteiger partial charge in [-0.2, -0.15) is 0 Å². The fraction of sp³-hybridized carbons (Fsp3) is 0.375. The number of hydrogen-bond acceptors (Lipinski definition) is 3. The van der Waals surface area contributed by atoms with Crippen molar-refractivity contribution in [1.82, 2.24) is 5.32 Å². The number of ether oxygens (including phenoxy) is 1. The van der Waals surface area contributed by atoms with Gasteiger partial charge in [-0.15, -0.1) is 0 Å². The molecule has 0 spiro atoms. The predicted molar refractivity (Wildman–Crippen MR) is 78.9 cm³/mol. The summed E-state index contributed by atoms with van der Waals surface area (Å²) in [7, 11) is 1.56. The molecule has 0 aromatic heterocycles. The lowest BCUT2D eigenvalue weighted by molar-refractivity contribution is -0.147. The maximum atomic E-state index is 12.0. The molecule has 1 aliphatic rings. The summed E-state index contributed by atoms with van der Waals surface area (Å²) in [5.41, 5.74) is -0.430. The van der Waals surface area contributed by atoms with Crippen LogP contribution in [-0.2, 0) is 9.59 Å². The number of carbonyl (C=O) groups is 2. The highest BCUT2D eigenvalue weighted by molar-refractivity contribution is 5.96. The molecule has 0 radical (unpaired) electrons. The molecule has 1 saturated carbocycles. The third kappa shape index (κ3) is 3.42. The van der Waals surface area contributed by atoms with E-state index in [1.165, 1.54) is 6.08 Å². The fourth-order valence-corrected chi connectivity index (χ4v) is 2.26. The maximum Gasteiger partial charge on any atom is 0.329 e. The molecule has 2 N–H and O–H groups in total. The van der Waals surface area contributed by atoms with Crippen molar-refractivity contribution in [3.8, 4) is 5.75 Å². The molecule has 5 heteroatoms. The summed E-state index contributed by atoms with van der Waals surface area (Å²) in [4.78, 5) is 23.3. The van der Waals surface area contributed by atoms with E-state index < -0.39 is 17.4 Å². The van der Waals surface area contributed by atoms with E-state index in [1.54, 1.807) is 26.2 Å². The third-order valence-electron chi connectivity index (χ3n) is 3.77. The van der Waals surface area contributed by atoms with Crippen molar-refractivity contribution in [2.75, 3.05) is 7.11 Å². The fourth-order valence-electron chi connectivity index (χ4n) is 2.26. The number of carbonyl (C=O) groups excluding carboxylic acids is 1. The van der Waals surface area contributed by atoms with E-state index in [4.69, 9.17) is 4.74 Å². The second kappa shape index (κ2) is 5.99. The lowest BCUT2D eigenvalue weighted by Crippen LogP contribution is -2.53. The molecule has 1 aromatic rings. The number of para-hydroxylation sites is 1. The number of amides is 1. The summed E-state index contributed by atoms with van der Waals surface area (Å²) in [5, 5.41) is 11.9. The van der Waals surface area contributed by atoms with Crippen molar-refractivity contribution in [2.24, 2.45) is 5.92 Å². The Morgan fingerprint density at radius 1 is 1.38 bits per heavy atom. The monoisotopic (exact) mass is 289 g/mol. The van der Waals surface area contributed by atoms with Crippen LogP contribution in [0.4, 0.5) is 0 Å². The Balaban J connectivity index is 2.07. The first-order valence-corrected chi connectivity index (χ1v) is 6.84. The van der Waals surface area contributed by atoms with Gasteiger partial charge in [0.15, 0.2) is 0 Å². The number of carboxylic acid groups (broad SMARTS) is 1. The summed E-state index contributed by atoms with van der Waals surface area (Å²) in [6, 6.07) is 7.29. The minimum atomic E-state index is -1.19. The summed E-state index contributed by atoms with van der Waals surface area (Å²) < 4.78 is 5.19. The Labute approximate surface area is 123 Å². The second-order valence-corrected chi connectivity index (χ2v) is 5.35. The van der Waals surface area contributed by atoms with Crippen molar-refractivity contribution < 1.29 is 19.4 Å². The SMILES string of the molecule is COc1ccccc1/C=C/C(=O)NC(C)(C(=O)O)C1CC1. The lowest BCUT2D eigenvalue weighted by Gasteiger charge is -2.25. The van der Waals surface area contributed by atoms with E-state index in [9.17, 15) is 14.7 Å². The van der Waals surface area contributed by atoms with E-state index >= 15 is 0 Å². The molecule has 1 amide bonds. The van der Waals surface area contributed by atoms with Gasteiger partial charge in [0.25, 0.3) is 0 Å². The molecular weight excluding hydrogens is 270 g/mol. The predicted octanol–water partition coefficient (Wildman–Crippen LogP) is 2.08. The standard InChI is InChI=1S/C16H19NO4/c1-16(15(19)20,12-8-9-12)17-14(18)10-7-11-5-3-4-6-13(11)21-2/h3-7,10,12H,8-9H2,1-2H3,(H,17,18)(H,19,20)/b10-7+. The van der Waals surface area contributed by atoms with Crippen LogP contribution in [0.2, 0.25) is 0 Å². The topological polar surface area (TPSA) is 75.6 Å². The average molecular weight is 289 g/mol. The number of methoxy groups -OCH3 is 1. The second-order valence-electron chi connectivity index (χ2n) is 5.35. The van der Waals surface area contributed by atoms with Crippen molar-refractivity contribution >= 4 is 18.0 Å². The Hall–Kier alpha value is -2.30. The van der Waals surface area contributed by atoms with Crippen molar-refractivity contribution in [1.29, 1.82) is 0 Å². The number of benzene rings is 1. The maximum absolute atomic E-state index is 12.0. The molecule has 1 fully saturated rings. The van der Waals surface area contributed by atoms with E-state index in [-0.39, 0.29) is 5.92 Å². The van der Waals surface area contributed by atoms with Crippen LogP contribution in [-0.4, -0.2) is 29.6 Å². The molecule has 0 bridgehead atoms. The van der Waals surface area contributed by atoms with Gasteiger partial charge in [-0.05, 0) is 37.8 Å². The zero-order chi connectivity index (χ0) is 15.5. The van der Waals surface area contributed by atoms with E-state index in [0.717, 1.165) is 18.4 Å². The van der Waals surface area contributed by atoms with Crippen LogP contribution >= 0.6 is 0 Å². The molecule has 21 heavy (non-hydrogen) atoms. The quantitative estimate of drug-likeness (QED) is 0.786. The Kier molecular flexibility index (Phi) is 4.31. The van der Waals surface area contributed by atoms with E-state index in [0.29, 0.717) is 5.75 Å². The van der Waals surface area contributed by atoms with Crippen LogP contribution in [0, 0.1) is 5.92 Å². The zero-order valence-corrected chi connectivity index (χ0v) is 12.1. The van der Waals surface area contributed by atoms with Gasteiger partial charge < -0.3 is 15.2 Å². The van der Waals surface area contributed by atoms with Gasteiger partial charge in [0.1, 0.15) is 11.3 Å². The molecule has 1 unspecified atom stereocenters. The first-order valence-electron chi connectivity index (χ1n) is 6.84. The molecule has 1 aliphatic carbocycles. The number of carboxylic acids is 1. The Bertz CT molecular complexity index is 577. The minimum absolute atomic E-state index is 0.0126. The molecule has 1 atom stereocenters. The molecule has 2 rings (SSSR count). The van der Waals surface area contributed by atoms with Gasteiger partial charge in [0.05, 0.1) is 7.11 Å². The minimum Gasteiger partial charge on any atom is -0.496 e. The molecular formula is C16H19NO4. The molecule has 112 valence electrons. The first kappa shape index (κ1) is 15.1. The molecule has 0 aliphatic heterocycles. The van der Waals surface area contributed by atoms with Crippen LogP contribution in [0.3, 0.4) is 0 Å². The normalized spacial score (nSPS) is 17.2. The van der Waals surface area contributed by atoms with Gasteiger partial charge in [0.2, 0.25) is 5.91 Å². The van der Waals surface area contributed by atoms with Crippen molar-refractivity contribution in [3.63, 3.8) is 0 Å². The number of rotatable bonds is 6. The van der Waals surface area contributed by atoms with Gasteiger partial charge in [-0.1, -0.05) is 18.2 Å². The smallest absolute Gasteiger partial charge is 0.329 e.